The van der Waals surface area contributed by atoms with Gasteiger partial charge in [0.2, 0.25) is 0 Å². The van der Waals surface area contributed by atoms with E-state index in [2.05, 4.69) is 188 Å². The Balaban J connectivity index is 1.10. The topological polar surface area (TPSA) is 51.6 Å². The van der Waals surface area contributed by atoms with Crippen molar-refractivity contribution in [3.8, 4) is 89.9 Å². The van der Waals surface area contributed by atoms with E-state index in [1.807, 2.05) is 30.3 Å². The summed E-state index contributed by atoms with van der Waals surface area (Å²) in [5, 5.41) is 1.01. The lowest BCUT2D eigenvalue weighted by atomic mass is 9.99. The molecule has 0 N–H and O–H groups in total. The fourth-order valence-corrected chi connectivity index (χ4v) is 7.55. The third-order valence-electron chi connectivity index (χ3n) is 10.5. The van der Waals surface area contributed by atoms with Crippen molar-refractivity contribution < 1.29 is 0 Å². The van der Waals surface area contributed by atoms with Crippen LogP contribution in [0.1, 0.15) is 0 Å². The first kappa shape index (κ1) is 34.7. The molecule has 0 unspecified atom stereocenters. The fraction of sp³-hybridized carbons (Fsp3) is 0. The van der Waals surface area contributed by atoms with Crippen LogP contribution in [0.15, 0.2) is 218 Å². The van der Waals surface area contributed by atoms with Crippen molar-refractivity contribution in [3.63, 3.8) is 0 Å². The summed E-state index contributed by atoms with van der Waals surface area (Å²) in [7, 11) is 0. The zero-order valence-electron chi connectivity index (χ0n) is 31.6. The highest BCUT2D eigenvalue weighted by atomic mass is 14.9. The molecule has 0 radical (unpaired) electrons. The second-order valence-corrected chi connectivity index (χ2v) is 14.3. The second-order valence-electron chi connectivity index (χ2n) is 14.3. The van der Waals surface area contributed by atoms with Crippen molar-refractivity contribution in [2.45, 2.75) is 0 Å². The number of nitrogens with zero attached hydrogens (tertiary/aromatic N) is 4. The Labute approximate surface area is 337 Å². The minimum atomic E-state index is 0.654. The van der Waals surface area contributed by atoms with Gasteiger partial charge in [-0.3, -0.25) is 0 Å². The molecule has 4 nitrogen and oxygen atoms in total. The van der Waals surface area contributed by atoms with E-state index in [1.165, 1.54) is 0 Å². The van der Waals surface area contributed by atoms with Crippen LogP contribution in [0.2, 0.25) is 0 Å². The molecule has 0 spiro atoms. The lowest BCUT2D eigenvalue weighted by Gasteiger charge is -2.13. The zero-order chi connectivity index (χ0) is 38.7. The van der Waals surface area contributed by atoms with Crippen LogP contribution in [-0.4, -0.2) is 19.9 Å². The molecule has 0 saturated carbocycles. The first-order valence-corrected chi connectivity index (χ1v) is 19.5. The summed E-state index contributed by atoms with van der Waals surface area (Å²) in [5.41, 5.74) is 15.1. The molecule has 10 rings (SSSR count). The molecule has 58 heavy (non-hydrogen) atoms. The van der Waals surface area contributed by atoms with Crippen molar-refractivity contribution in [1.29, 1.82) is 0 Å². The summed E-state index contributed by atoms with van der Waals surface area (Å²) in [4.78, 5) is 20.9. The molecule has 0 atom stereocenters. The summed E-state index contributed by atoms with van der Waals surface area (Å²) < 4.78 is 0. The summed E-state index contributed by atoms with van der Waals surface area (Å²) in [6, 6.07) is 75.7. The van der Waals surface area contributed by atoms with Gasteiger partial charge in [0.05, 0.1) is 22.6 Å². The van der Waals surface area contributed by atoms with Crippen LogP contribution in [0.3, 0.4) is 0 Å². The van der Waals surface area contributed by atoms with Crippen LogP contribution in [0.25, 0.3) is 101 Å². The lowest BCUT2D eigenvalue weighted by Crippen LogP contribution is -1.98. The first-order chi connectivity index (χ1) is 28.7. The van der Waals surface area contributed by atoms with E-state index < -0.39 is 0 Å². The fourth-order valence-electron chi connectivity index (χ4n) is 7.55. The highest BCUT2D eigenvalue weighted by molar-refractivity contribution is 5.94. The van der Waals surface area contributed by atoms with Gasteiger partial charge in [-0.2, -0.15) is 0 Å². The predicted octanol–water partition coefficient (Wildman–Crippen LogP) is 13.8. The lowest BCUT2D eigenvalue weighted by molar-refractivity contribution is 1.18. The molecule has 0 aliphatic rings. The predicted molar refractivity (Wildman–Crippen MR) is 239 cm³/mol. The van der Waals surface area contributed by atoms with Crippen molar-refractivity contribution in [2.24, 2.45) is 0 Å². The normalized spacial score (nSPS) is 11.1. The number of aromatic nitrogens is 4. The SMILES string of the molecule is c1ccc(-c2cccc(-c3cc(-c4cccc(-c5nc(-c6cccc(-c7ccccc7)c6)c6ccccc6n5)c4)nc(-c4cccc(-c5ccccc5)c4)n3)c2)cc1. The molecule has 0 bridgehead atoms. The Morgan fingerprint density at radius 1 is 0.224 bits per heavy atom. The van der Waals surface area contributed by atoms with E-state index in [4.69, 9.17) is 19.9 Å². The Morgan fingerprint density at radius 3 is 1.12 bits per heavy atom. The van der Waals surface area contributed by atoms with Crippen molar-refractivity contribution in [3.05, 3.63) is 218 Å². The molecule has 0 amide bonds. The Hall–Kier alpha value is -7.82. The van der Waals surface area contributed by atoms with E-state index in [0.29, 0.717) is 11.6 Å². The van der Waals surface area contributed by atoms with Gasteiger partial charge in [0.15, 0.2) is 11.6 Å². The number of benzene rings is 8. The van der Waals surface area contributed by atoms with Gasteiger partial charge in [-0.15, -0.1) is 0 Å². The van der Waals surface area contributed by atoms with Gasteiger partial charge in [-0.05, 0) is 69.8 Å². The number of rotatable bonds is 8. The molecule has 4 heteroatoms. The summed E-state index contributed by atoms with van der Waals surface area (Å²) >= 11 is 0. The van der Waals surface area contributed by atoms with E-state index in [9.17, 15) is 0 Å². The quantitative estimate of drug-likeness (QED) is 0.156. The second kappa shape index (κ2) is 15.4. The van der Waals surface area contributed by atoms with Crippen molar-refractivity contribution in [2.75, 3.05) is 0 Å². The van der Waals surface area contributed by atoms with Crippen LogP contribution in [-0.2, 0) is 0 Å². The maximum atomic E-state index is 5.27. The van der Waals surface area contributed by atoms with Crippen LogP contribution in [0.5, 0.6) is 0 Å². The molecular weight excluding hydrogens is 705 g/mol. The third-order valence-corrected chi connectivity index (χ3v) is 10.5. The smallest absolute Gasteiger partial charge is 0.160 e. The standard InChI is InChI=1S/C54H36N4/c1-4-16-37(17-5-1)40-22-12-25-43(32-40)50-36-51(57-53(56-50)46-28-14-24-42(34-46)39-20-8-3-9-21-39)44-26-15-29-47(35-44)54-55-49-31-11-10-30-48(49)52(58-54)45-27-13-23-41(33-45)38-18-6-2-7-19-38/h1-36H. The summed E-state index contributed by atoms with van der Waals surface area (Å²) in [5.74, 6) is 1.31. The number of para-hydroxylation sites is 1. The maximum absolute atomic E-state index is 5.27. The average molecular weight is 741 g/mol. The molecule has 0 saturated heterocycles. The van der Waals surface area contributed by atoms with Gasteiger partial charge in [0.1, 0.15) is 0 Å². The molecular formula is C54H36N4. The van der Waals surface area contributed by atoms with Crippen LogP contribution < -0.4 is 0 Å². The maximum Gasteiger partial charge on any atom is 0.160 e. The molecule has 2 aromatic heterocycles. The molecule has 0 aliphatic heterocycles. The van der Waals surface area contributed by atoms with Gasteiger partial charge < -0.3 is 0 Å². The Kier molecular flexibility index (Phi) is 9.18. The highest BCUT2D eigenvalue weighted by Crippen LogP contribution is 2.35. The molecule has 0 aliphatic carbocycles. The van der Waals surface area contributed by atoms with Crippen molar-refractivity contribution >= 4 is 10.9 Å². The largest absolute Gasteiger partial charge is 0.228 e. The van der Waals surface area contributed by atoms with Crippen LogP contribution in [0.4, 0.5) is 0 Å². The number of fused-ring (bicyclic) bond motifs is 1. The van der Waals surface area contributed by atoms with Crippen LogP contribution >= 0.6 is 0 Å². The molecule has 0 fully saturated rings. The minimum Gasteiger partial charge on any atom is -0.228 e. The van der Waals surface area contributed by atoms with Gasteiger partial charge in [0, 0.05) is 33.2 Å². The number of hydrogen-bond donors (Lipinski definition) is 0. The van der Waals surface area contributed by atoms with E-state index in [-0.39, 0.29) is 0 Å². The molecule has 272 valence electrons. The van der Waals surface area contributed by atoms with Crippen LogP contribution in [0, 0.1) is 0 Å². The van der Waals surface area contributed by atoms with E-state index >= 15 is 0 Å². The number of hydrogen-bond acceptors (Lipinski definition) is 4. The monoisotopic (exact) mass is 740 g/mol. The van der Waals surface area contributed by atoms with Crippen molar-refractivity contribution in [1.82, 2.24) is 19.9 Å². The first-order valence-electron chi connectivity index (χ1n) is 19.5. The molecule has 8 aromatic carbocycles. The van der Waals surface area contributed by atoms with Gasteiger partial charge >= 0.3 is 0 Å². The van der Waals surface area contributed by atoms with E-state index in [0.717, 1.165) is 89.2 Å². The van der Waals surface area contributed by atoms with Gasteiger partial charge in [0.25, 0.3) is 0 Å². The van der Waals surface area contributed by atoms with Gasteiger partial charge in [-0.1, -0.05) is 182 Å². The zero-order valence-corrected chi connectivity index (χ0v) is 31.6. The minimum absolute atomic E-state index is 0.654. The van der Waals surface area contributed by atoms with Gasteiger partial charge in [-0.25, -0.2) is 19.9 Å². The Bertz CT molecular complexity index is 2950. The summed E-state index contributed by atoms with van der Waals surface area (Å²) in [6.07, 6.45) is 0. The van der Waals surface area contributed by atoms with E-state index in [1.54, 1.807) is 0 Å². The third kappa shape index (κ3) is 7.07. The Morgan fingerprint density at radius 2 is 0.586 bits per heavy atom. The summed E-state index contributed by atoms with van der Waals surface area (Å²) in [6.45, 7) is 0. The molecule has 10 aromatic rings. The molecule has 2 heterocycles. The highest BCUT2D eigenvalue weighted by Gasteiger charge is 2.16. The average Bonchev–Trinajstić information content (AvgIpc) is 3.32.